The van der Waals surface area contributed by atoms with Crippen molar-refractivity contribution in [2.24, 2.45) is 5.73 Å². The number of amides is 1. The number of furan rings is 1. The molecule has 3 N–H and O–H groups in total. The summed E-state index contributed by atoms with van der Waals surface area (Å²) >= 11 is 0. The Morgan fingerprint density at radius 2 is 2.11 bits per heavy atom. The first-order valence-corrected chi connectivity index (χ1v) is 5.95. The highest BCUT2D eigenvalue weighted by atomic mass is 19.1. The summed E-state index contributed by atoms with van der Waals surface area (Å²) in [5, 5.41) is 2.59. The highest BCUT2D eigenvalue weighted by Gasteiger charge is 2.13. The van der Waals surface area contributed by atoms with Crippen LogP contribution in [0.4, 0.5) is 4.39 Å². The van der Waals surface area contributed by atoms with Crippen LogP contribution >= 0.6 is 0 Å². The third-order valence-electron chi connectivity index (χ3n) is 2.70. The summed E-state index contributed by atoms with van der Waals surface area (Å²) in [6.07, 6.45) is 0. The molecule has 0 radical (unpaired) electrons. The minimum Gasteiger partial charge on any atom is -0.454 e. The second-order valence-electron chi connectivity index (χ2n) is 4.26. The van der Waals surface area contributed by atoms with Gasteiger partial charge in [-0.15, -0.1) is 0 Å². The van der Waals surface area contributed by atoms with Gasteiger partial charge < -0.3 is 15.5 Å². The second kappa shape index (κ2) is 5.67. The molecule has 0 spiro atoms. The first-order chi connectivity index (χ1) is 9.08. The van der Waals surface area contributed by atoms with E-state index in [1.807, 2.05) is 0 Å². The van der Waals surface area contributed by atoms with Gasteiger partial charge in [0.15, 0.2) is 5.76 Å². The zero-order chi connectivity index (χ0) is 13.8. The van der Waals surface area contributed by atoms with Crippen LogP contribution in [-0.4, -0.2) is 5.91 Å². The van der Waals surface area contributed by atoms with Crippen molar-refractivity contribution < 1.29 is 13.6 Å². The summed E-state index contributed by atoms with van der Waals surface area (Å²) in [6.45, 7) is 1.87. The quantitative estimate of drug-likeness (QED) is 0.888. The SMILES string of the molecule is CC(N)c1ccc(C(=O)NCc2ccccc2F)o1. The molecule has 1 heterocycles. The molecule has 19 heavy (non-hydrogen) atoms. The number of nitrogens with two attached hydrogens (primary N) is 1. The summed E-state index contributed by atoms with van der Waals surface area (Å²) in [5.74, 6) is -0.0339. The van der Waals surface area contributed by atoms with Crippen molar-refractivity contribution >= 4 is 5.91 Å². The van der Waals surface area contributed by atoms with Crippen molar-refractivity contribution in [2.75, 3.05) is 0 Å². The van der Waals surface area contributed by atoms with Crippen molar-refractivity contribution in [3.63, 3.8) is 0 Å². The molecule has 1 atom stereocenters. The Bertz CT molecular complexity index is 578. The Labute approximate surface area is 110 Å². The molecule has 0 fully saturated rings. The minimum atomic E-state index is -0.393. The Morgan fingerprint density at radius 3 is 2.74 bits per heavy atom. The van der Waals surface area contributed by atoms with Crippen LogP contribution in [0.25, 0.3) is 0 Å². The predicted octanol–water partition coefficient (Wildman–Crippen LogP) is 2.37. The number of hydrogen-bond acceptors (Lipinski definition) is 3. The molecular weight excluding hydrogens is 247 g/mol. The molecule has 0 aliphatic rings. The first kappa shape index (κ1) is 13.3. The Morgan fingerprint density at radius 1 is 1.37 bits per heavy atom. The average Bonchev–Trinajstić information content (AvgIpc) is 2.87. The van der Waals surface area contributed by atoms with Gasteiger partial charge in [0, 0.05) is 12.1 Å². The number of halogens is 1. The van der Waals surface area contributed by atoms with Crippen LogP contribution in [0.2, 0.25) is 0 Å². The van der Waals surface area contributed by atoms with Gasteiger partial charge in [-0.25, -0.2) is 4.39 Å². The van der Waals surface area contributed by atoms with Gasteiger partial charge in [-0.05, 0) is 25.1 Å². The number of carbonyl (C=O) groups is 1. The normalized spacial score (nSPS) is 12.2. The van der Waals surface area contributed by atoms with E-state index in [1.165, 1.54) is 6.07 Å². The smallest absolute Gasteiger partial charge is 0.287 e. The molecule has 1 amide bonds. The van der Waals surface area contributed by atoms with Crippen molar-refractivity contribution in [2.45, 2.75) is 19.5 Å². The van der Waals surface area contributed by atoms with Crippen molar-refractivity contribution in [1.29, 1.82) is 0 Å². The molecule has 5 heteroatoms. The van der Waals surface area contributed by atoms with Gasteiger partial charge in [0.2, 0.25) is 0 Å². The summed E-state index contributed by atoms with van der Waals surface area (Å²) in [5.41, 5.74) is 6.06. The third-order valence-corrected chi connectivity index (χ3v) is 2.70. The van der Waals surface area contributed by atoms with E-state index in [2.05, 4.69) is 5.32 Å². The van der Waals surface area contributed by atoms with Crippen molar-refractivity contribution in [1.82, 2.24) is 5.32 Å². The van der Waals surface area contributed by atoms with Crippen LogP contribution in [0.5, 0.6) is 0 Å². The number of nitrogens with one attached hydrogen (secondary N) is 1. The van der Waals surface area contributed by atoms with Gasteiger partial charge in [-0.2, -0.15) is 0 Å². The maximum absolute atomic E-state index is 13.4. The van der Waals surface area contributed by atoms with E-state index in [0.717, 1.165) is 0 Å². The molecular formula is C14H15FN2O2. The zero-order valence-electron chi connectivity index (χ0n) is 10.5. The summed E-state index contributed by atoms with van der Waals surface area (Å²) in [6, 6.07) is 9.22. The molecule has 100 valence electrons. The van der Waals surface area contributed by atoms with E-state index in [0.29, 0.717) is 11.3 Å². The molecule has 0 saturated carbocycles. The maximum atomic E-state index is 13.4. The largest absolute Gasteiger partial charge is 0.454 e. The van der Waals surface area contributed by atoms with Crippen LogP contribution in [-0.2, 0) is 6.54 Å². The molecule has 2 aromatic rings. The first-order valence-electron chi connectivity index (χ1n) is 5.95. The molecule has 0 aliphatic carbocycles. The van der Waals surface area contributed by atoms with E-state index in [1.54, 1.807) is 37.3 Å². The Hall–Kier alpha value is -2.14. The van der Waals surface area contributed by atoms with Crippen LogP contribution in [0, 0.1) is 5.82 Å². The fourth-order valence-corrected chi connectivity index (χ4v) is 1.62. The van der Waals surface area contributed by atoms with Crippen LogP contribution < -0.4 is 11.1 Å². The lowest BCUT2D eigenvalue weighted by atomic mass is 10.2. The lowest BCUT2D eigenvalue weighted by molar-refractivity contribution is 0.0920. The molecule has 4 nitrogen and oxygen atoms in total. The van der Waals surface area contributed by atoms with Crippen LogP contribution in [0.1, 0.15) is 34.8 Å². The summed E-state index contributed by atoms with van der Waals surface area (Å²) in [7, 11) is 0. The van der Waals surface area contributed by atoms with E-state index in [9.17, 15) is 9.18 Å². The van der Waals surface area contributed by atoms with Crippen LogP contribution in [0.3, 0.4) is 0 Å². The number of carbonyl (C=O) groups excluding carboxylic acids is 1. The molecule has 1 unspecified atom stereocenters. The van der Waals surface area contributed by atoms with Gasteiger partial charge in [0.1, 0.15) is 11.6 Å². The fraction of sp³-hybridized carbons (Fsp3) is 0.214. The van der Waals surface area contributed by atoms with Crippen molar-refractivity contribution in [3.05, 3.63) is 59.3 Å². The van der Waals surface area contributed by atoms with Gasteiger partial charge in [-0.3, -0.25) is 4.79 Å². The topological polar surface area (TPSA) is 68.3 Å². The minimum absolute atomic E-state index is 0.111. The number of rotatable bonds is 4. The van der Waals surface area contributed by atoms with E-state index < -0.39 is 5.91 Å². The predicted molar refractivity (Wildman–Crippen MR) is 68.9 cm³/mol. The highest BCUT2D eigenvalue weighted by Crippen LogP contribution is 2.14. The van der Waals surface area contributed by atoms with Gasteiger partial charge >= 0.3 is 0 Å². The molecule has 0 bridgehead atoms. The Kier molecular flexibility index (Phi) is 3.97. The third kappa shape index (κ3) is 3.20. The second-order valence-corrected chi connectivity index (χ2v) is 4.26. The van der Waals surface area contributed by atoms with Gasteiger partial charge in [-0.1, -0.05) is 18.2 Å². The molecule has 0 aliphatic heterocycles. The number of hydrogen-bond donors (Lipinski definition) is 2. The van der Waals surface area contributed by atoms with Crippen molar-refractivity contribution in [3.8, 4) is 0 Å². The standard InChI is InChI=1S/C14H15FN2O2/c1-9(16)12-6-7-13(19-12)14(18)17-8-10-4-2-3-5-11(10)15/h2-7,9H,8,16H2,1H3,(H,17,18). The zero-order valence-corrected chi connectivity index (χ0v) is 10.5. The maximum Gasteiger partial charge on any atom is 0.287 e. The lowest BCUT2D eigenvalue weighted by Crippen LogP contribution is -2.22. The van der Waals surface area contributed by atoms with Gasteiger partial charge in [0.25, 0.3) is 5.91 Å². The van der Waals surface area contributed by atoms with E-state index in [4.69, 9.17) is 10.2 Å². The Balaban J connectivity index is 1.99. The summed E-state index contributed by atoms with van der Waals surface area (Å²) in [4.78, 5) is 11.8. The van der Waals surface area contributed by atoms with E-state index in [-0.39, 0.29) is 24.2 Å². The highest BCUT2D eigenvalue weighted by molar-refractivity contribution is 5.91. The molecule has 1 aromatic heterocycles. The number of benzene rings is 1. The lowest BCUT2D eigenvalue weighted by Gasteiger charge is -2.04. The fourth-order valence-electron chi connectivity index (χ4n) is 1.62. The van der Waals surface area contributed by atoms with E-state index >= 15 is 0 Å². The van der Waals surface area contributed by atoms with Crippen LogP contribution in [0.15, 0.2) is 40.8 Å². The monoisotopic (exact) mass is 262 g/mol. The van der Waals surface area contributed by atoms with Gasteiger partial charge in [0.05, 0.1) is 6.04 Å². The molecule has 2 rings (SSSR count). The summed E-state index contributed by atoms with van der Waals surface area (Å²) < 4.78 is 18.7. The average molecular weight is 262 g/mol. The molecule has 1 aromatic carbocycles. The molecule has 0 saturated heterocycles.